The van der Waals surface area contributed by atoms with Crippen LogP contribution >= 0.6 is 0 Å². The van der Waals surface area contributed by atoms with Crippen molar-refractivity contribution in [2.75, 3.05) is 11.4 Å². The number of rotatable bonds is 1. The predicted octanol–water partition coefficient (Wildman–Crippen LogP) is 0.555. The Morgan fingerprint density at radius 2 is 2.14 bits per heavy atom. The van der Waals surface area contributed by atoms with Gasteiger partial charge in [0.15, 0.2) is 0 Å². The minimum absolute atomic E-state index is 0.0339. The Bertz CT molecular complexity index is 977. The van der Waals surface area contributed by atoms with Gasteiger partial charge in [-0.05, 0) is 50.1 Å². The number of aliphatic hydroxyl groups excluding tert-OH is 1. The lowest BCUT2D eigenvalue weighted by atomic mass is 9.66. The smallest absolute Gasteiger partial charge is 0.323 e. The molecule has 0 aliphatic carbocycles. The molecule has 3 N–H and O–H groups in total. The van der Waals surface area contributed by atoms with Gasteiger partial charge >= 0.3 is 6.03 Å². The number of fused-ring (bicyclic) bond motifs is 4. The third-order valence-electron chi connectivity index (χ3n) is 6.24. The van der Waals surface area contributed by atoms with E-state index >= 15 is 0 Å². The third-order valence-corrected chi connectivity index (χ3v) is 6.24. The number of anilines is 1. The summed E-state index contributed by atoms with van der Waals surface area (Å²) < 4.78 is 7.80. The summed E-state index contributed by atoms with van der Waals surface area (Å²) in [5, 5.41) is 20.1. The number of benzene rings is 1. The summed E-state index contributed by atoms with van der Waals surface area (Å²) in [7, 11) is 0. The SMILES string of the molecule is C[C@@H]1CN2c3ccc(-n4cccn4)cc3C[C@@]3(C(=O)NC(=O)N[C@@H]3O)[C@H]2[C@H](C)O1. The molecule has 5 atom stereocenters. The van der Waals surface area contributed by atoms with Crippen LogP contribution in [-0.2, 0) is 16.0 Å². The molecule has 0 saturated carbocycles. The molecule has 3 aliphatic heterocycles. The van der Waals surface area contributed by atoms with Gasteiger partial charge in [0, 0.05) is 24.6 Å². The molecule has 1 aromatic carbocycles. The average Bonchev–Trinajstić information content (AvgIpc) is 3.20. The van der Waals surface area contributed by atoms with Crippen molar-refractivity contribution in [2.24, 2.45) is 5.41 Å². The number of carbonyl (C=O) groups excluding carboxylic acids is 2. The Morgan fingerprint density at radius 3 is 2.86 bits per heavy atom. The molecule has 29 heavy (non-hydrogen) atoms. The monoisotopic (exact) mass is 397 g/mol. The fourth-order valence-electron chi connectivity index (χ4n) is 5.16. The van der Waals surface area contributed by atoms with Gasteiger partial charge in [0.05, 0.1) is 23.9 Å². The molecule has 0 radical (unpaired) electrons. The summed E-state index contributed by atoms with van der Waals surface area (Å²) in [6.45, 7) is 4.48. The number of hydrogen-bond donors (Lipinski definition) is 3. The molecule has 152 valence electrons. The van der Waals surface area contributed by atoms with Gasteiger partial charge < -0.3 is 20.1 Å². The Hall–Kier alpha value is -2.91. The number of morpholine rings is 1. The summed E-state index contributed by atoms with van der Waals surface area (Å²) in [6.07, 6.45) is 2.16. The predicted molar refractivity (Wildman–Crippen MR) is 104 cm³/mol. The van der Waals surface area contributed by atoms with Crippen molar-refractivity contribution < 1.29 is 19.4 Å². The van der Waals surface area contributed by atoms with Crippen molar-refractivity contribution in [1.82, 2.24) is 20.4 Å². The second kappa shape index (κ2) is 6.30. The first kappa shape index (κ1) is 18.1. The van der Waals surface area contributed by atoms with E-state index in [1.165, 1.54) is 0 Å². The van der Waals surface area contributed by atoms with Crippen LogP contribution in [-0.4, -0.2) is 57.8 Å². The highest BCUT2D eigenvalue weighted by Crippen LogP contribution is 2.48. The summed E-state index contributed by atoms with van der Waals surface area (Å²) in [6, 6.07) is 6.75. The van der Waals surface area contributed by atoms with Crippen LogP contribution in [0.2, 0.25) is 0 Å². The molecule has 5 rings (SSSR count). The van der Waals surface area contributed by atoms with E-state index in [4.69, 9.17) is 4.74 Å². The van der Waals surface area contributed by atoms with Crippen LogP contribution in [0.15, 0.2) is 36.7 Å². The lowest BCUT2D eigenvalue weighted by Gasteiger charge is -2.57. The van der Waals surface area contributed by atoms with Gasteiger partial charge in [0.1, 0.15) is 11.6 Å². The Labute approximate surface area is 167 Å². The molecule has 9 heteroatoms. The number of carbonyl (C=O) groups is 2. The van der Waals surface area contributed by atoms with Gasteiger partial charge in [-0.3, -0.25) is 10.1 Å². The maximum atomic E-state index is 13.2. The lowest BCUT2D eigenvalue weighted by Crippen LogP contribution is -2.76. The number of urea groups is 1. The van der Waals surface area contributed by atoms with Gasteiger partial charge in [-0.1, -0.05) is 0 Å². The van der Waals surface area contributed by atoms with E-state index in [2.05, 4.69) is 20.6 Å². The summed E-state index contributed by atoms with van der Waals surface area (Å²) in [4.78, 5) is 27.1. The highest BCUT2D eigenvalue weighted by molar-refractivity contribution is 6.01. The molecule has 1 aromatic heterocycles. The van der Waals surface area contributed by atoms with E-state index in [0.29, 0.717) is 6.54 Å². The first-order valence-corrected chi connectivity index (χ1v) is 9.75. The summed E-state index contributed by atoms with van der Waals surface area (Å²) in [5.41, 5.74) is 1.53. The minimum Gasteiger partial charge on any atom is -0.372 e. The zero-order valence-corrected chi connectivity index (χ0v) is 16.2. The van der Waals surface area contributed by atoms with Crippen molar-refractivity contribution >= 4 is 17.6 Å². The van der Waals surface area contributed by atoms with Crippen LogP contribution in [0.5, 0.6) is 0 Å². The second-order valence-corrected chi connectivity index (χ2v) is 8.06. The summed E-state index contributed by atoms with van der Waals surface area (Å²) in [5.74, 6) is -0.483. The average molecular weight is 397 g/mol. The number of nitrogens with zero attached hydrogens (tertiary/aromatic N) is 3. The van der Waals surface area contributed by atoms with E-state index in [9.17, 15) is 14.7 Å². The standard InChI is InChI=1S/C20H23N5O4/c1-11-10-24-15-5-4-14(25-7-3-6-21-25)8-13(15)9-20(16(24)12(2)29-11)17(26)22-19(28)23-18(20)27/h3-8,11-12,16-17,26H,9-10H2,1-2H3,(H2,22,23,27,28)/t11-,12+,16-,17-,20-/m1/s1. The van der Waals surface area contributed by atoms with E-state index in [1.54, 1.807) is 10.9 Å². The van der Waals surface area contributed by atoms with Gasteiger partial charge in [0.25, 0.3) is 0 Å². The van der Waals surface area contributed by atoms with Gasteiger partial charge in [0.2, 0.25) is 5.91 Å². The number of nitrogens with one attached hydrogen (secondary N) is 2. The zero-order valence-electron chi connectivity index (χ0n) is 16.2. The van der Waals surface area contributed by atoms with Crippen LogP contribution in [0.3, 0.4) is 0 Å². The van der Waals surface area contributed by atoms with E-state index in [1.807, 2.05) is 44.3 Å². The molecule has 2 saturated heterocycles. The fraction of sp³-hybridized carbons (Fsp3) is 0.450. The molecular weight excluding hydrogens is 374 g/mol. The van der Waals surface area contributed by atoms with Crippen LogP contribution in [0, 0.1) is 5.41 Å². The van der Waals surface area contributed by atoms with E-state index < -0.39 is 29.6 Å². The van der Waals surface area contributed by atoms with Crippen molar-refractivity contribution in [3.8, 4) is 5.69 Å². The minimum atomic E-state index is -1.32. The number of aliphatic hydroxyl groups is 1. The topological polar surface area (TPSA) is 109 Å². The number of hydrogen-bond acceptors (Lipinski definition) is 6. The second-order valence-electron chi connectivity index (χ2n) is 8.06. The Kier molecular flexibility index (Phi) is 3.94. The van der Waals surface area contributed by atoms with E-state index in [-0.39, 0.29) is 18.6 Å². The maximum absolute atomic E-state index is 13.2. The molecular formula is C20H23N5O4. The van der Waals surface area contributed by atoms with Crippen molar-refractivity contribution in [3.63, 3.8) is 0 Å². The van der Waals surface area contributed by atoms with Crippen molar-refractivity contribution in [3.05, 3.63) is 42.2 Å². The van der Waals surface area contributed by atoms with Crippen LogP contribution in [0.1, 0.15) is 19.4 Å². The van der Waals surface area contributed by atoms with Crippen LogP contribution in [0.25, 0.3) is 5.69 Å². The third kappa shape index (κ3) is 2.57. The van der Waals surface area contributed by atoms with Crippen LogP contribution < -0.4 is 15.5 Å². The largest absolute Gasteiger partial charge is 0.372 e. The summed E-state index contributed by atoms with van der Waals surface area (Å²) >= 11 is 0. The lowest BCUT2D eigenvalue weighted by molar-refractivity contribution is -0.155. The highest BCUT2D eigenvalue weighted by atomic mass is 16.5. The molecule has 3 aliphatic rings. The quantitative estimate of drug-likeness (QED) is 0.649. The normalized spacial score (nSPS) is 33.7. The van der Waals surface area contributed by atoms with Crippen molar-refractivity contribution in [1.29, 1.82) is 0 Å². The molecule has 0 bridgehead atoms. The Balaban J connectivity index is 1.68. The number of aromatic nitrogens is 2. The number of amides is 3. The van der Waals surface area contributed by atoms with Gasteiger partial charge in [-0.2, -0.15) is 5.10 Å². The molecule has 2 aromatic rings. The van der Waals surface area contributed by atoms with Crippen molar-refractivity contribution in [2.45, 2.75) is 44.7 Å². The van der Waals surface area contributed by atoms with Gasteiger partial charge in [-0.25, -0.2) is 9.48 Å². The molecule has 3 amide bonds. The molecule has 1 spiro atoms. The molecule has 2 fully saturated rings. The zero-order chi connectivity index (χ0) is 20.3. The maximum Gasteiger partial charge on any atom is 0.323 e. The molecule has 4 heterocycles. The first-order valence-electron chi connectivity index (χ1n) is 9.75. The fourth-order valence-corrected chi connectivity index (χ4v) is 5.16. The van der Waals surface area contributed by atoms with Gasteiger partial charge in [-0.15, -0.1) is 0 Å². The highest BCUT2D eigenvalue weighted by Gasteiger charge is 2.62. The molecule has 9 nitrogen and oxygen atoms in total. The molecule has 0 unspecified atom stereocenters. The number of imide groups is 1. The van der Waals surface area contributed by atoms with E-state index in [0.717, 1.165) is 16.9 Å². The Morgan fingerprint density at radius 1 is 1.31 bits per heavy atom. The first-order chi connectivity index (χ1) is 13.9. The van der Waals surface area contributed by atoms with Crippen LogP contribution in [0.4, 0.5) is 10.5 Å². The number of ether oxygens (including phenoxy) is 1.